The lowest BCUT2D eigenvalue weighted by Crippen LogP contribution is -1.96. The lowest BCUT2D eigenvalue weighted by Gasteiger charge is -1.98. The number of nitrogens with zero attached hydrogens (tertiary/aromatic N) is 2. The monoisotopic (exact) mass is 190 g/mol. The van der Waals surface area contributed by atoms with Gasteiger partial charge in [-0.15, -0.1) is 0 Å². The minimum atomic E-state index is 0.257. The third-order valence-electron chi connectivity index (χ3n) is 2.55. The van der Waals surface area contributed by atoms with Gasteiger partial charge < -0.3 is 0 Å². The average molecular weight is 190 g/mol. The van der Waals surface area contributed by atoms with Crippen molar-refractivity contribution in [2.75, 3.05) is 0 Å². The second-order valence-corrected chi connectivity index (χ2v) is 3.60. The van der Waals surface area contributed by atoms with Gasteiger partial charge in [-0.05, 0) is 12.8 Å². The molecular weight excluding hydrogens is 176 g/mol. The Morgan fingerprint density at radius 3 is 2.93 bits per heavy atom. The number of aromatic nitrogens is 2. The van der Waals surface area contributed by atoms with Gasteiger partial charge in [0.2, 0.25) is 0 Å². The maximum absolute atomic E-state index is 11.5. The first-order valence-corrected chi connectivity index (χ1v) is 4.98. The van der Waals surface area contributed by atoms with E-state index >= 15 is 0 Å². The fraction of sp³-hybridized carbons (Fsp3) is 0.455. The van der Waals surface area contributed by atoms with Gasteiger partial charge >= 0.3 is 0 Å². The van der Waals surface area contributed by atoms with Crippen molar-refractivity contribution in [3.8, 4) is 0 Å². The molecule has 1 aromatic heterocycles. The van der Waals surface area contributed by atoms with E-state index in [4.69, 9.17) is 0 Å². The van der Waals surface area contributed by atoms with Gasteiger partial charge in [0.05, 0.1) is 5.69 Å². The molecule has 1 aliphatic carbocycles. The lowest BCUT2D eigenvalue weighted by molar-refractivity contribution is -0.113. The van der Waals surface area contributed by atoms with E-state index in [9.17, 15) is 4.79 Å². The van der Waals surface area contributed by atoms with Crippen molar-refractivity contribution < 1.29 is 4.79 Å². The summed E-state index contributed by atoms with van der Waals surface area (Å²) in [4.78, 5) is 11.5. The zero-order valence-corrected chi connectivity index (χ0v) is 8.58. The second kappa shape index (κ2) is 3.40. The van der Waals surface area contributed by atoms with E-state index in [1.165, 1.54) is 0 Å². The van der Waals surface area contributed by atoms with Crippen LogP contribution in [0.1, 0.15) is 31.0 Å². The molecule has 1 aromatic rings. The lowest BCUT2D eigenvalue weighted by atomic mass is 10.0. The maximum Gasteiger partial charge on any atom is 0.163 e. The van der Waals surface area contributed by atoms with Crippen molar-refractivity contribution in [1.82, 2.24) is 9.78 Å². The summed E-state index contributed by atoms with van der Waals surface area (Å²) in [5, 5.41) is 4.33. The Morgan fingerprint density at radius 1 is 1.57 bits per heavy atom. The highest BCUT2D eigenvalue weighted by atomic mass is 16.1. The summed E-state index contributed by atoms with van der Waals surface area (Å²) < 4.78 is 1.78. The Bertz CT molecular complexity index is 401. The van der Waals surface area contributed by atoms with Gasteiger partial charge in [-0.3, -0.25) is 9.48 Å². The number of allylic oxidation sites excluding steroid dienone is 2. The van der Waals surface area contributed by atoms with Gasteiger partial charge in [-0.1, -0.05) is 13.0 Å². The number of ketones is 1. The van der Waals surface area contributed by atoms with Crippen LogP contribution in [-0.2, 0) is 18.3 Å². The van der Waals surface area contributed by atoms with Crippen LogP contribution in [0.15, 0.2) is 12.3 Å². The molecule has 0 aromatic carbocycles. The normalized spacial score (nSPS) is 16.1. The number of hydrogen-bond donors (Lipinski definition) is 0. The van der Waals surface area contributed by atoms with Gasteiger partial charge in [0.1, 0.15) is 0 Å². The zero-order valence-electron chi connectivity index (χ0n) is 8.58. The van der Waals surface area contributed by atoms with Crippen molar-refractivity contribution in [3.05, 3.63) is 23.5 Å². The summed E-state index contributed by atoms with van der Waals surface area (Å²) in [7, 11) is 1.89. The molecule has 3 heteroatoms. The fourth-order valence-electron chi connectivity index (χ4n) is 1.88. The van der Waals surface area contributed by atoms with E-state index in [0.29, 0.717) is 6.42 Å². The predicted molar refractivity (Wildman–Crippen MR) is 54.8 cm³/mol. The van der Waals surface area contributed by atoms with E-state index in [-0.39, 0.29) is 5.78 Å². The zero-order chi connectivity index (χ0) is 10.1. The summed E-state index contributed by atoms with van der Waals surface area (Å²) in [5.74, 6) is 0.257. The molecule has 0 aliphatic heterocycles. The molecule has 0 saturated heterocycles. The SMILES string of the molecule is CCc1nn(C)cc1C1=CCCC1=O. The molecule has 0 unspecified atom stereocenters. The summed E-state index contributed by atoms with van der Waals surface area (Å²) in [6, 6.07) is 0. The van der Waals surface area contributed by atoms with E-state index in [0.717, 1.165) is 29.7 Å². The molecule has 0 N–H and O–H groups in total. The van der Waals surface area contributed by atoms with Crippen LogP contribution >= 0.6 is 0 Å². The Kier molecular flexibility index (Phi) is 2.23. The number of hydrogen-bond acceptors (Lipinski definition) is 2. The van der Waals surface area contributed by atoms with Crippen LogP contribution in [0.2, 0.25) is 0 Å². The summed E-state index contributed by atoms with van der Waals surface area (Å²) in [6.45, 7) is 2.06. The minimum absolute atomic E-state index is 0.257. The van der Waals surface area contributed by atoms with E-state index < -0.39 is 0 Å². The molecule has 3 nitrogen and oxygen atoms in total. The Labute approximate surface area is 83.4 Å². The Hall–Kier alpha value is -1.38. The predicted octanol–water partition coefficient (Wildman–Crippen LogP) is 1.73. The third-order valence-corrected chi connectivity index (χ3v) is 2.55. The highest BCUT2D eigenvalue weighted by Gasteiger charge is 2.20. The first kappa shape index (κ1) is 9.19. The molecule has 0 fully saturated rings. The standard InChI is InChI=1S/C11H14N2O/c1-3-10-9(7-13(2)12-10)8-5-4-6-11(8)14/h5,7H,3-4,6H2,1-2H3. The number of carbonyl (C=O) groups is 1. The van der Waals surface area contributed by atoms with Gasteiger partial charge in [-0.2, -0.15) is 5.10 Å². The Balaban J connectivity index is 2.44. The number of carbonyl (C=O) groups excluding carboxylic acids is 1. The van der Waals surface area contributed by atoms with Gasteiger partial charge in [0.25, 0.3) is 0 Å². The largest absolute Gasteiger partial charge is 0.294 e. The van der Waals surface area contributed by atoms with E-state index in [1.54, 1.807) is 4.68 Å². The molecule has 0 atom stereocenters. The van der Waals surface area contributed by atoms with Crippen LogP contribution in [-0.4, -0.2) is 15.6 Å². The molecule has 0 radical (unpaired) electrons. The first-order valence-electron chi connectivity index (χ1n) is 4.98. The highest BCUT2D eigenvalue weighted by Crippen LogP contribution is 2.26. The highest BCUT2D eigenvalue weighted by molar-refractivity contribution is 6.22. The number of rotatable bonds is 2. The summed E-state index contributed by atoms with van der Waals surface area (Å²) in [5.41, 5.74) is 2.92. The Morgan fingerprint density at radius 2 is 2.36 bits per heavy atom. The molecule has 14 heavy (non-hydrogen) atoms. The maximum atomic E-state index is 11.5. The number of aryl methyl sites for hydroxylation is 2. The van der Waals surface area contributed by atoms with Crippen molar-refractivity contribution in [2.45, 2.75) is 26.2 Å². The van der Waals surface area contributed by atoms with Crippen LogP contribution < -0.4 is 0 Å². The minimum Gasteiger partial charge on any atom is -0.294 e. The smallest absolute Gasteiger partial charge is 0.163 e. The molecule has 2 rings (SSSR count). The van der Waals surface area contributed by atoms with Crippen molar-refractivity contribution in [1.29, 1.82) is 0 Å². The first-order chi connectivity index (χ1) is 6.72. The molecule has 0 bridgehead atoms. The van der Waals surface area contributed by atoms with Crippen molar-refractivity contribution >= 4 is 11.4 Å². The van der Waals surface area contributed by atoms with Gasteiger partial charge in [0, 0.05) is 30.8 Å². The van der Waals surface area contributed by atoms with Crippen molar-refractivity contribution in [3.63, 3.8) is 0 Å². The van der Waals surface area contributed by atoms with Gasteiger partial charge in [0.15, 0.2) is 5.78 Å². The summed E-state index contributed by atoms with van der Waals surface area (Å²) in [6.07, 6.45) is 6.38. The molecular formula is C11H14N2O. The molecule has 74 valence electrons. The molecule has 0 saturated carbocycles. The van der Waals surface area contributed by atoms with Crippen molar-refractivity contribution in [2.24, 2.45) is 7.05 Å². The molecule has 0 amide bonds. The van der Waals surface area contributed by atoms with Gasteiger partial charge in [-0.25, -0.2) is 0 Å². The molecule has 0 spiro atoms. The van der Waals surface area contributed by atoms with Crippen LogP contribution in [0.25, 0.3) is 5.57 Å². The molecule has 1 heterocycles. The van der Waals surface area contributed by atoms with Crippen LogP contribution in [0.5, 0.6) is 0 Å². The fourth-order valence-corrected chi connectivity index (χ4v) is 1.88. The van der Waals surface area contributed by atoms with E-state index in [2.05, 4.69) is 12.0 Å². The summed E-state index contributed by atoms with van der Waals surface area (Å²) >= 11 is 0. The molecule has 1 aliphatic rings. The van der Waals surface area contributed by atoms with E-state index in [1.807, 2.05) is 19.3 Å². The third kappa shape index (κ3) is 1.39. The van der Waals surface area contributed by atoms with Crippen LogP contribution in [0.4, 0.5) is 0 Å². The second-order valence-electron chi connectivity index (χ2n) is 3.60. The topological polar surface area (TPSA) is 34.9 Å². The van der Waals surface area contributed by atoms with Crippen LogP contribution in [0.3, 0.4) is 0 Å². The average Bonchev–Trinajstić information content (AvgIpc) is 2.71. The number of Topliss-reactive ketones (excluding diaryl/α,β-unsaturated/α-hetero) is 1. The van der Waals surface area contributed by atoms with Crippen LogP contribution in [0, 0.1) is 0 Å². The quantitative estimate of drug-likeness (QED) is 0.711.